The van der Waals surface area contributed by atoms with Crippen LogP contribution < -0.4 is 0 Å². The van der Waals surface area contributed by atoms with Crippen molar-refractivity contribution in [2.45, 2.75) is 0 Å². The average Bonchev–Trinajstić information content (AvgIpc) is 3.77. The van der Waals surface area contributed by atoms with Crippen molar-refractivity contribution in [3.05, 3.63) is 164 Å². The van der Waals surface area contributed by atoms with Gasteiger partial charge in [-0.15, -0.1) is 0 Å². The van der Waals surface area contributed by atoms with Gasteiger partial charge in [-0.05, 0) is 41.0 Å². The normalized spacial score (nSPS) is 11.6. The lowest BCUT2D eigenvalue weighted by Gasteiger charge is -2.11. The summed E-state index contributed by atoms with van der Waals surface area (Å²) in [4.78, 5) is 15.3. The summed E-state index contributed by atoms with van der Waals surface area (Å²) in [6, 6.07) is 55.6. The van der Waals surface area contributed by atoms with Crippen LogP contribution in [0.25, 0.3) is 100 Å². The highest BCUT2D eigenvalue weighted by molar-refractivity contribution is 6.20. The molecule has 10 aromatic rings. The molecule has 0 aliphatic rings. The van der Waals surface area contributed by atoms with Gasteiger partial charge in [0.05, 0.1) is 0 Å². The molecule has 0 fully saturated rings. The number of benzene rings is 7. The molecule has 0 atom stereocenters. The molecule has 50 heavy (non-hydrogen) atoms. The molecule has 5 heteroatoms. The molecule has 0 saturated heterocycles. The zero-order valence-electron chi connectivity index (χ0n) is 26.7. The van der Waals surface area contributed by atoms with E-state index in [-0.39, 0.29) is 0 Å². The zero-order valence-corrected chi connectivity index (χ0v) is 26.7. The Morgan fingerprint density at radius 3 is 1.64 bits per heavy atom. The van der Waals surface area contributed by atoms with E-state index in [1.807, 2.05) is 78.9 Å². The second kappa shape index (κ2) is 11.4. The van der Waals surface area contributed by atoms with E-state index in [9.17, 15) is 0 Å². The van der Waals surface area contributed by atoms with Crippen LogP contribution in [0.5, 0.6) is 0 Å². The summed E-state index contributed by atoms with van der Waals surface area (Å²) in [6.07, 6.45) is 0. The van der Waals surface area contributed by atoms with E-state index in [2.05, 4.69) is 84.9 Å². The first-order valence-electron chi connectivity index (χ1n) is 16.6. The molecule has 7 aromatic carbocycles. The van der Waals surface area contributed by atoms with Crippen molar-refractivity contribution in [1.29, 1.82) is 0 Å². The van der Waals surface area contributed by atoms with Crippen molar-refractivity contribution in [3.8, 4) is 56.4 Å². The molecule has 0 radical (unpaired) electrons. The maximum absolute atomic E-state index is 6.54. The topological polar surface area (TPSA) is 65.0 Å². The van der Waals surface area contributed by atoms with Crippen molar-refractivity contribution >= 4 is 43.9 Å². The Morgan fingerprint density at radius 1 is 0.320 bits per heavy atom. The molecule has 0 aliphatic carbocycles. The smallest absolute Gasteiger partial charge is 0.164 e. The van der Waals surface area contributed by atoms with E-state index in [1.54, 1.807) is 0 Å². The first-order chi connectivity index (χ1) is 24.8. The summed E-state index contributed by atoms with van der Waals surface area (Å²) in [5, 5.41) is 4.10. The second-order valence-corrected chi connectivity index (χ2v) is 12.4. The fourth-order valence-electron chi connectivity index (χ4n) is 7.05. The largest absolute Gasteiger partial charge is 0.456 e. The number of hydrogen-bond acceptors (Lipinski definition) is 5. The molecule has 3 heterocycles. The summed E-state index contributed by atoms with van der Waals surface area (Å²) in [5.74, 6) is 1.78. The van der Waals surface area contributed by atoms with Crippen LogP contribution >= 0.6 is 0 Å². The van der Waals surface area contributed by atoms with Crippen LogP contribution in [0, 0.1) is 0 Å². The minimum absolute atomic E-state index is 0.573. The number of para-hydroxylation sites is 2. The molecule has 3 aromatic heterocycles. The summed E-state index contributed by atoms with van der Waals surface area (Å²) in [6.45, 7) is 0. The Hall–Kier alpha value is -6.85. The third-order valence-electron chi connectivity index (χ3n) is 9.35. The molecule has 0 aliphatic heterocycles. The maximum atomic E-state index is 6.54. The van der Waals surface area contributed by atoms with Crippen molar-refractivity contribution < 1.29 is 8.83 Å². The molecule has 0 spiro atoms. The molecule has 0 unspecified atom stereocenters. The summed E-state index contributed by atoms with van der Waals surface area (Å²) in [5.41, 5.74) is 10.2. The van der Waals surface area contributed by atoms with Gasteiger partial charge in [-0.1, -0.05) is 140 Å². The number of aromatic nitrogens is 3. The summed E-state index contributed by atoms with van der Waals surface area (Å²) >= 11 is 0. The van der Waals surface area contributed by atoms with Crippen LogP contribution in [0.1, 0.15) is 0 Å². The maximum Gasteiger partial charge on any atom is 0.164 e. The highest BCUT2D eigenvalue weighted by Crippen LogP contribution is 2.44. The SMILES string of the molecule is c1ccc(-c2cccc(-c3nc(-c4ccccc4)nc(-c4cccc5oc6cccc(-c7cccc8c7oc7ccccc78)c6c45)n3)c2)cc1. The second-order valence-electron chi connectivity index (χ2n) is 12.4. The van der Waals surface area contributed by atoms with E-state index in [0.29, 0.717) is 17.5 Å². The Morgan fingerprint density at radius 2 is 0.840 bits per heavy atom. The summed E-state index contributed by atoms with van der Waals surface area (Å²) in [7, 11) is 0. The van der Waals surface area contributed by atoms with Gasteiger partial charge in [0.15, 0.2) is 17.5 Å². The van der Waals surface area contributed by atoms with Crippen LogP contribution in [0.2, 0.25) is 0 Å². The van der Waals surface area contributed by atoms with E-state index in [4.69, 9.17) is 23.8 Å². The van der Waals surface area contributed by atoms with Crippen LogP contribution in [0.4, 0.5) is 0 Å². The van der Waals surface area contributed by atoms with Gasteiger partial charge >= 0.3 is 0 Å². The Bertz CT molecular complexity index is 2870. The third-order valence-corrected chi connectivity index (χ3v) is 9.35. The first-order valence-corrected chi connectivity index (χ1v) is 16.6. The fraction of sp³-hybridized carbons (Fsp3) is 0. The molecule has 0 amide bonds. The molecule has 10 rings (SSSR count). The van der Waals surface area contributed by atoms with Crippen LogP contribution in [-0.2, 0) is 0 Å². The lowest BCUT2D eigenvalue weighted by molar-refractivity contribution is 0.668. The van der Waals surface area contributed by atoms with Crippen molar-refractivity contribution in [2.24, 2.45) is 0 Å². The van der Waals surface area contributed by atoms with Gasteiger partial charge in [0.2, 0.25) is 0 Å². The number of hydrogen-bond donors (Lipinski definition) is 0. The summed E-state index contributed by atoms with van der Waals surface area (Å²) < 4.78 is 13.0. The zero-order chi connectivity index (χ0) is 33.0. The Kier molecular flexibility index (Phi) is 6.42. The predicted octanol–water partition coefficient (Wildman–Crippen LogP) is 12.0. The highest BCUT2D eigenvalue weighted by Gasteiger charge is 2.22. The van der Waals surface area contributed by atoms with Crippen LogP contribution in [0.15, 0.2) is 173 Å². The molecular formula is C45H27N3O2. The van der Waals surface area contributed by atoms with E-state index in [0.717, 1.165) is 82.8 Å². The standard InChI is InChI=1S/C45H27N3O2/c1-3-13-28(14-4-1)30-17-9-18-31(27-30)44-46-43(29-15-5-2-6-16-29)47-45(48-44)36-23-12-26-39-41(36)40-33(20-11-25-38(40)49-39)35-22-10-21-34-32-19-7-8-24-37(32)50-42(34)35/h1-27H. The van der Waals surface area contributed by atoms with Gasteiger partial charge < -0.3 is 8.83 Å². The lowest BCUT2D eigenvalue weighted by atomic mass is 9.95. The van der Waals surface area contributed by atoms with Gasteiger partial charge in [-0.25, -0.2) is 15.0 Å². The van der Waals surface area contributed by atoms with Gasteiger partial charge in [-0.2, -0.15) is 0 Å². The van der Waals surface area contributed by atoms with E-state index in [1.165, 1.54) is 0 Å². The molecular weight excluding hydrogens is 615 g/mol. The van der Waals surface area contributed by atoms with Gasteiger partial charge in [-0.3, -0.25) is 0 Å². The minimum Gasteiger partial charge on any atom is -0.456 e. The fourth-order valence-corrected chi connectivity index (χ4v) is 7.05. The van der Waals surface area contributed by atoms with Crippen LogP contribution in [-0.4, -0.2) is 15.0 Å². The van der Waals surface area contributed by atoms with Gasteiger partial charge in [0.25, 0.3) is 0 Å². The average molecular weight is 642 g/mol. The number of fused-ring (bicyclic) bond motifs is 6. The predicted molar refractivity (Wildman–Crippen MR) is 202 cm³/mol. The highest BCUT2D eigenvalue weighted by atomic mass is 16.3. The molecule has 5 nitrogen and oxygen atoms in total. The first kappa shape index (κ1) is 28.2. The van der Waals surface area contributed by atoms with Crippen LogP contribution in [0.3, 0.4) is 0 Å². The third kappa shape index (κ3) is 4.60. The number of nitrogens with zero attached hydrogens (tertiary/aromatic N) is 3. The van der Waals surface area contributed by atoms with Gasteiger partial charge in [0.1, 0.15) is 22.3 Å². The quantitative estimate of drug-likeness (QED) is 0.187. The lowest BCUT2D eigenvalue weighted by Crippen LogP contribution is -2.00. The monoisotopic (exact) mass is 641 g/mol. The number of rotatable bonds is 5. The minimum atomic E-state index is 0.573. The number of furan rings is 2. The van der Waals surface area contributed by atoms with Crippen molar-refractivity contribution in [1.82, 2.24) is 15.0 Å². The molecule has 234 valence electrons. The Balaban J connectivity index is 1.23. The molecule has 0 N–H and O–H groups in total. The Labute approximate surface area is 287 Å². The molecule has 0 saturated carbocycles. The van der Waals surface area contributed by atoms with Gasteiger partial charge in [0, 0.05) is 43.8 Å². The van der Waals surface area contributed by atoms with E-state index >= 15 is 0 Å². The van der Waals surface area contributed by atoms with E-state index < -0.39 is 0 Å². The van der Waals surface area contributed by atoms with Crippen molar-refractivity contribution in [3.63, 3.8) is 0 Å². The molecule has 0 bridgehead atoms. The van der Waals surface area contributed by atoms with Crippen molar-refractivity contribution in [2.75, 3.05) is 0 Å².